The van der Waals surface area contributed by atoms with Gasteiger partial charge in [-0.05, 0) is 112 Å². The Labute approximate surface area is 264 Å². The molecule has 14 atom stereocenters. The van der Waals surface area contributed by atoms with Crippen LogP contribution in [0.2, 0.25) is 0 Å². The quantitative estimate of drug-likeness (QED) is 0.262. The van der Waals surface area contributed by atoms with Crippen LogP contribution in [0.5, 0.6) is 0 Å². The van der Waals surface area contributed by atoms with Gasteiger partial charge in [0.05, 0.1) is 18.3 Å². The number of hydrogen-bond acceptors (Lipinski definition) is 8. The van der Waals surface area contributed by atoms with Crippen molar-refractivity contribution in [2.75, 3.05) is 6.61 Å². The van der Waals surface area contributed by atoms with Gasteiger partial charge in [0.2, 0.25) is 0 Å². The number of rotatable bonds is 7. The van der Waals surface area contributed by atoms with Crippen LogP contribution in [0.15, 0.2) is 11.6 Å². The van der Waals surface area contributed by atoms with Gasteiger partial charge in [-0.2, -0.15) is 0 Å². The van der Waals surface area contributed by atoms with Crippen molar-refractivity contribution in [1.29, 1.82) is 0 Å². The molecule has 252 valence electrons. The summed E-state index contributed by atoms with van der Waals surface area (Å²) in [6.45, 7) is 17.2. The van der Waals surface area contributed by atoms with Crippen LogP contribution in [0, 0.1) is 45.3 Å². The molecule has 7 unspecified atom stereocenters. The summed E-state index contributed by atoms with van der Waals surface area (Å²) in [5.74, 6) is 0.579. The van der Waals surface area contributed by atoms with Crippen molar-refractivity contribution in [2.45, 2.75) is 156 Å². The summed E-state index contributed by atoms with van der Waals surface area (Å²) in [5.41, 5.74) is -0.159. The second-order valence-corrected chi connectivity index (χ2v) is 17.1. The zero-order valence-corrected chi connectivity index (χ0v) is 28.4. The van der Waals surface area contributed by atoms with Crippen molar-refractivity contribution in [3.8, 4) is 0 Å². The lowest BCUT2D eigenvalue weighted by atomic mass is 9.35. The lowest BCUT2D eigenvalue weighted by molar-refractivity contribution is -0.333. The minimum absolute atomic E-state index is 0.0168. The van der Waals surface area contributed by atoms with E-state index in [0.717, 1.165) is 44.9 Å². The molecule has 0 aromatic carbocycles. The lowest BCUT2D eigenvalue weighted by Crippen LogP contribution is -2.66. The number of hydrogen-bond donors (Lipinski definition) is 5. The highest BCUT2D eigenvalue weighted by Crippen LogP contribution is 2.75. The van der Waals surface area contributed by atoms with Crippen molar-refractivity contribution in [3.05, 3.63) is 11.6 Å². The monoisotopic (exact) mass is 620 g/mol. The van der Waals surface area contributed by atoms with Crippen LogP contribution in [0.1, 0.15) is 113 Å². The van der Waals surface area contributed by atoms with E-state index in [0.29, 0.717) is 24.5 Å². The smallest absolute Gasteiger partial charge is 0.187 e. The third-order valence-corrected chi connectivity index (χ3v) is 14.4. The molecule has 5 rings (SSSR count). The summed E-state index contributed by atoms with van der Waals surface area (Å²) in [4.78, 5) is 14.6. The Balaban J connectivity index is 1.49. The number of fused-ring (bicyclic) bond motifs is 5. The summed E-state index contributed by atoms with van der Waals surface area (Å²) in [7, 11) is 0. The van der Waals surface area contributed by atoms with Gasteiger partial charge in [0, 0.05) is 12.3 Å². The molecule has 4 aliphatic carbocycles. The van der Waals surface area contributed by atoms with Crippen LogP contribution >= 0.6 is 0 Å². The van der Waals surface area contributed by atoms with Gasteiger partial charge in [-0.25, -0.2) is 0 Å². The topological polar surface area (TPSA) is 137 Å². The van der Waals surface area contributed by atoms with Gasteiger partial charge >= 0.3 is 0 Å². The summed E-state index contributed by atoms with van der Waals surface area (Å²) >= 11 is 0. The van der Waals surface area contributed by atoms with Crippen molar-refractivity contribution < 1.29 is 39.8 Å². The molecule has 4 saturated carbocycles. The number of ether oxygens (including phenoxy) is 2. The first kappa shape index (κ1) is 34.5. The predicted molar refractivity (Wildman–Crippen MR) is 167 cm³/mol. The van der Waals surface area contributed by atoms with Crippen molar-refractivity contribution in [1.82, 2.24) is 0 Å². The fraction of sp³-hybridized carbons (Fsp3) is 0.917. The van der Waals surface area contributed by atoms with E-state index in [1.165, 1.54) is 5.57 Å². The second kappa shape index (κ2) is 11.7. The standard InChI is InChI=1S/C36H60O8/c1-20(2)10-9-14-36(8,44-31-30(42)29(41)28(40)23(19-37)43-31)21-11-16-35(7)27(21)22(38)18-25-33(5)15-13-26(39)32(3,4)24(33)12-17-34(25,35)6/h10,21,23-31,37,39-42H,9,11-19H2,1-8H3/t21?,23?,24?,25?,26-,27?,28+,29?,30?,31-,33-,34+,35+,36-/m0/s1. The molecular weight excluding hydrogens is 560 g/mol. The number of carbonyl (C=O) groups excluding carboxylic acids is 1. The summed E-state index contributed by atoms with van der Waals surface area (Å²) in [6.07, 6.45) is 2.44. The number of aliphatic hydroxyl groups excluding tert-OH is 5. The molecular formula is C36H60O8. The Morgan fingerprint density at radius 1 is 0.932 bits per heavy atom. The van der Waals surface area contributed by atoms with Crippen LogP contribution in [0.4, 0.5) is 0 Å². The Hall–Kier alpha value is -0.870. The molecule has 1 saturated heterocycles. The van der Waals surface area contributed by atoms with E-state index in [1.54, 1.807) is 0 Å². The van der Waals surface area contributed by atoms with Gasteiger partial charge in [-0.3, -0.25) is 4.79 Å². The van der Waals surface area contributed by atoms with Crippen LogP contribution in [0.3, 0.4) is 0 Å². The van der Waals surface area contributed by atoms with E-state index in [2.05, 4.69) is 54.5 Å². The molecule has 8 nitrogen and oxygen atoms in total. The fourth-order valence-corrected chi connectivity index (χ4v) is 11.5. The Kier molecular flexibility index (Phi) is 9.15. The van der Waals surface area contributed by atoms with E-state index in [4.69, 9.17) is 9.47 Å². The van der Waals surface area contributed by atoms with Gasteiger partial charge in [0.15, 0.2) is 6.29 Å². The van der Waals surface area contributed by atoms with E-state index >= 15 is 0 Å². The highest BCUT2D eigenvalue weighted by molar-refractivity contribution is 5.84. The van der Waals surface area contributed by atoms with Gasteiger partial charge in [0.1, 0.15) is 30.2 Å². The Morgan fingerprint density at radius 3 is 2.23 bits per heavy atom. The number of carbonyl (C=O) groups is 1. The van der Waals surface area contributed by atoms with Gasteiger partial charge in [0.25, 0.3) is 0 Å². The van der Waals surface area contributed by atoms with Crippen molar-refractivity contribution >= 4 is 5.78 Å². The van der Waals surface area contributed by atoms with Crippen molar-refractivity contribution in [3.63, 3.8) is 0 Å². The Bertz CT molecular complexity index is 1120. The molecule has 0 spiro atoms. The van der Waals surface area contributed by atoms with Gasteiger partial charge in [-0.1, -0.05) is 46.3 Å². The maximum absolute atomic E-state index is 14.6. The van der Waals surface area contributed by atoms with Crippen LogP contribution in [-0.4, -0.2) is 80.3 Å². The van der Waals surface area contributed by atoms with E-state index < -0.39 is 42.9 Å². The fourth-order valence-electron chi connectivity index (χ4n) is 11.5. The molecule has 0 aromatic rings. The van der Waals surface area contributed by atoms with E-state index in [9.17, 15) is 30.3 Å². The average molecular weight is 621 g/mol. The molecule has 0 amide bonds. The number of allylic oxidation sites excluding steroid dienone is 2. The zero-order chi connectivity index (χ0) is 32.6. The minimum Gasteiger partial charge on any atom is -0.394 e. The number of Topliss-reactive ketones (excluding diaryl/α,β-unsaturated/α-hetero) is 1. The summed E-state index contributed by atoms with van der Waals surface area (Å²) in [6, 6.07) is 0. The molecule has 0 aromatic heterocycles. The largest absolute Gasteiger partial charge is 0.394 e. The van der Waals surface area contributed by atoms with E-state index in [1.807, 2.05) is 6.92 Å². The zero-order valence-electron chi connectivity index (χ0n) is 28.4. The molecule has 1 aliphatic heterocycles. The molecule has 8 heteroatoms. The van der Waals surface area contributed by atoms with Crippen LogP contribution < -0.4 is 0 Å². The second-order valence-electron chi connectivity index (χ2n) is 17.1. The lowest BCUT2D eigenvalue weighted by Gasteiger charge is -2.69. The van der Waals surface area contributed by atoms with Crippen LogP contribution in [-0.2, 0) is 14.3 Å². The SMILES string of the molecule is CC(C)=CCC[C@](C)(O[C@@H]1OC(CO)[C@@H](O)C(O)C1O)C1CC[C@]2(C)C1C(=O)CC1[C@@]3(C)CC[C@H](O)C(C)(C)C3CC[C@]12C. The molecule has 1 heterocycles. The third-order valence-electron chi connectivity index (χ3n) is 14.4. The highest BCUT2D eigenvalue weighted by atomic mass is 16.7. The molecule has 44 heavy (non-hydrogen) atoms. The molecule has 5 aliphatic rings. The molecule has 5 N–H and O–H groups in total. The summed E-state index contributed by atoms with van der Waals surface area (Å²) < 4.78 is 12.6. The maximum Gasteiger partial charge on any atom is 0.187 e. The molecule has 5 fully saturated rings. The van der Waals surface area contributed by atoms with Crippen molar-refractivity contribution in [2.24, 2.45) is 45.3 Å². The minimum atomic E-state index is -1.52. The first-order valence-electron chi connectivity index (χ1n) is 17.2. The number of aliphatic hydroxyl groups is 5. The van der Waals surface area contributed by atoms with Crippen LogP contribution in [0.25, 0.3) is 0 Å². The highest BCUT2D eigenvalue weighted by Gasteiger charge is 2.71. The first-order valence-corrected chi connectivity index (χ1v) is 17.2. The predicted octanol–water partition coefficient (Wildman–Crippen LogP) is 4.53. The number of ketones is 1. The normalized spacial score (nSPS) is 49.8. The van der Waals surface area contributed by atoms with E-state index in [-0.39, 0.29) is 45.5 Å². The third kappa shape index (κ3) is 5.09. The Morgan fingerprint density at radius 2 is 1.59 bits per heavy atom. The molecule has 0 radical (unpaired) electrons. The summed E-state index contributed by atoms with van der Waals surface area (Å²) in [5, 5.41) is 52.7. The van der Waals surface area contributed by atoms with Gasteiger partial charge < -0.3 is 35.0 Å². The molecule has 0 bridgehead atoms. The maximum atomic E-state index is 14.6. The van der Waals surface area contributed by atoms with Gasteiger partial charge in [-0.15, -0.1) is 0 Å². The first-order chi connectivity index (χ1) is 20.4. The average Bonchev–Trinajstić information content (AvgIpc) is 3.33.